The predicted octanol–water partition coefficient (Wildman–Crippen LogP) is -0.485. The second-order valence-corrected chi connectivity index (χ2v) is 8.24. The summed E-state index contributed by atoms with van der Waals surface area (Å²) < 4.78 is 26.2. The van der Waals surface area contributed by atoms with Crippen LogP contribution in [0.2, 0.25) is 0 Å². The number of aromatic hydroxyl groups is 3. The lowest BCUT2D eigenvalue weighted by atomic mass is 10.1. The molecule has 0 unspecified atom stereocenters. The minimum atomic E-state index is -3.75. The van der Waals surface area contributed by atoms with E-state index in [0.717, 1.165) is 30.8 Å². The smallest absolute Gasteiger partial charge is 0.306 e. The fourth-order valence-electron chi connectivity index (χ4n) is 2.24. The van der Waals surface area contributed by atoms with E-state index in [1.807, 2.05) is 0 Å². The highest BCUT2D eigenvalue weighted by Crippen LogP contribution is 2.23. The molecule has 2 rings (SSSR count). The third-order valence-corrected chi connectivity index (χ3v) is 4.16. The number of rotatable bonds is 10. The van der Waals surface area contributed by atoms with Gasteiger partial charge < -0.3 is 31.0 Å². The first kappa shape index (κ1) is 27.8. The van der Waals surface area contributed by atoms with Gasteiger partial charge in [-0.2, -0.15) is 8.42 Å². The van der Waals surface area contributed by atoms with Crippen molar-refractivity contribution in [1.29, 1.82) is 0 Å². The summed E-state index contributed by atoms with van der Waals surface area (Å²) in [6.45, 7) is 0. The van der Waals surface area contributed by atoms with Gasteiger partial charge in [0.25, 0.3) is 0 Å². The molecule has 7 N–H and O–H groups in total. The van der Waals surface area contributed by atoms with Gasteiger partial charge in [-0.15, -0.1) is 0 Å². The lowest BCUT2D eigenvalue weighted by Gasteiger charge is -2.05. The molecule has 0 saturated heterocycles. The number of primary amides is 2. The first-order valence-corrected chi connectivity index (χ1v) is 11.1. The third-order valence-electron chi connectivity index (χ3n) is 3.67. The molecular formula is C19H22N4O10S. The predicted molar refractivity (Wildman–Crippen MR) is 114 cm³/mol. The zero-order chi connectivity index (χ0) is 26.1. The topological polar surface area (TPSA) is 250 Å². The number of nitrogens with zero attached hydrogens (tertiary/aromatic N) is 2. The normalized spacial score (nSPS) is 10.5. The van der Waals surface area contributed by atoms with Gasteiger partial charge in [0.15, 0.2) is 17.3 Å². The van der Waals surface area contributed by atoms with Crippen molar-refractivity contribution in [3.8, 4) is 23.0 Å². The van der Waals surface area contributed by atoms with Crippen molar-refractivity contribution in [3.05, 3.63) is 35.9 Å². The zero-order valence-corrected chi connectivity index (χ0v) is 18.6. The van der Waals surface area contributed by atoms with E-state index >= 15 is 0 Å². The molecule has 0 bridgehead atoms. The first-order valence-electron chi connectivity index (χ1n) is 9.29. The number of aromatic nitrogens is 2. The van der Waals surface area contributed by atoms with E-state index in [2.05, 4.69) is 14.2 Å². The van der Waals surface area contributed by atoms with E-state index in [0.29, 0.717) is 0 Å². The summed E-state index contributed by atoms with van der Waals surface area (Å²) in [4.78, 5) is 51.1. The van der Waals surface area contributed by atoms with Crippen LogP contribution < -0.4 is 15.7 Å². The van der Waals surface area contributed by atoms with E-state index in [-0.39, 0.29) is 48.6 Å². The number of hydrogen-bond acceptors (Lipinski definition) is 12. The van der Waals surface area contributed by atoms with Crippen LogP contribution in [0.1, 0.15) is 46.7 Å². The fourth-order valence-corrected chi connectivity index (χ4v) is 2.68. The molecule has 0 saturated carbocycles. The van der Waals surface area contributed by atoms with Crippen molar-refractivity contribution in [2.75, 3.05) is 6.26 Å². The van der Waals surface area contributed by atoms with E-state index in [1.54, 1.807) is 0 Å². The second-order valence-electron chi connectivity index (χ2n) is 6.67. The van der Waals surface area contributed by atoms with Crippen LogP contribution in [0.15, 0.2) is 24.5 Å². The van der Waals surface area contributed by atoms with Crippen LogP contribution in [-0.2, 0) is 19.7 Å². The van der Waals surface area contributed by atoms with Crippen molar-refractivity contribution >= 4 is 33.5 Å². The Labute approximate surface area is 193 Å². The number of carbonyl (C=O) groups excluding carboxylic acids is 4. The van der Waals surface area contributed by atoms with Crippen molar-refractivity contribution in [1.82, 2.24) is 9.97 Å². The summed E-state index contributed by atoms with van der Waals surface area (Å²) in [6, 6.07) is 1.95. The summed E-state index contributed by atoms with van der Waals surface area (Å²) in [5, 5.41) is 27.7. The van der Waals surface area contributed by atoms with Crippen LogP contribution >= 0.6 is 0 Å². The number of hydrogen-bond donors (Lipinski definition) is 5. The maximum atomic E-state index is 11.6. The van der Waals surface area contributed by atoms with Gasteiger partial charge in [-0.1, -0.05) is 0 Å². The van der Waals surface area contributed by atoms with Gasteiger partial charge in [0.05, 0.1) is 18.6 Å². The van der Waals surface area contributed by atoms with Crippen LogP contribution in [0.5, 0.6) is 23.0 Å². The summed E-state index contributed by atoms with van der Waals surface area (Å²) >= 11 is 0. The van der Waals surface area contributed by atoms with Gasteiger partial charge in [0, 0.05) is 37.8 Å². The molecule has 0 aliphatic carbocycles. The molecule has 0 spiro atoms. The summed E-state index contributed by atoms with van der Waals surface area (Å²) in [5.41, 5.74) is 9.31. The summed E-state index contributed by atoms with van der Waals surface area (Å²) in [7, 11) is -3.75. The van der Waals surface area contributed by atoms with E-state index in [9.17, 15) is 37.8 Å². The van der Waals surface area contributed by atoms with Gasteiger partial charge >= 0.3 is 10.1 Å². The lowest BCUT2D eigenvalue weighted by molar-refractivity contribution is -0.118. The minimum absolute atomic E-state index is 0.0964. The number of ketones is 2. The Hall–Kier alpha value is -4.27. The Morgan fingerprint density at radius 2 is 1.26 bits per heavy atom. The molecule has 2 aromatic heterocycles. The third kappa shape index (κ3) is 9.90. The molecular weight excluding hydrogens is 476 g/mol. The molecule has 2 amide bonds. The van der Waals surface area contributed by atoms with E-state index in [4.69, 9.17) is 16.6 Å². The minimum Gasteiger partial charge on any atom is -0.506 e. The van der Waals surface area contributed by atoms with E-state index in [1.165, 1.54) is 0 Å². The quantitative estimate of drug-likeness (QED) is 0.206. The Kier molecular flexibility index (Phi) is 9.88. The zero-order valence-electron chi connectivity index (χ0n) is 17.8. The van der Waals surface area contributed by atoms with Crippen molar-refractivity contribution in [2.24, 2.45) is 11.5 Å². The highest BCUT2D eigenvalue weighted by atomic mass is 32.2. The molecule has 15 heteroatoms. The molecule has 2 aromatic rings. The first-order chi connectivity index (χ1) is 15.7. The maximum Gasteiger partial charge on any atom is 0.306 e. The molecule has 2 heterocycles. The molecule has 184 valence electrons. The highest BCUT2D eigenvalue weighted by molar-refractivity contribution is 7.86. The second kappa shape index (κ2) is 12.1. The van der Waals surface area contributed by atoms with Crippen molar-refractivity contribution < 1.29 is 47.1 Å². The van der Waals surface area contributed by atoms with Gasteiger partial charge in [0.2, 0.25) is 11.8 Å². The molecule has 0 aliphatic rings. The Balaban J connectivity index is 0.000000350. The molecule has 14 nitrogen and oxygen atoms in total. The van der Waals surface area contributed by atoms with Gasteiger partial charge in [0.1, 0.15) is 28.6 Å². The van der Waals surface area contributed by atoms with Crippen LogP contribution in [0.25, 0.3) is 0 Å². The van der Waals surface area contributed by atoms with Crippen LogP contribution in [0, 0.1) is 0 Å². The molecule has 0 aliphatic heterocycles. The van der Waals surface area contributed by atoms with Crippen LogP contribution in [-0.4, -0.2) is 63.3 Å². The molecule has 0 atom stereocenters. The number of nitrogens with two attached hydrogens (primary N) is 2. The summed E-state index contributed by atoms with van der Waals surface area (Å²) in [6.07, 6.45) is 2.29. The highest BCUT2D eigenvalue weighted by Gasteiger charge is 2.16. The van der Waals surface area contributed by atoms with Crippen LogP contribution in [0.4, 0.5) is 0 Å². The van der Waals surface area contributed by atoms with E-state index < -0.39 is 45.0 Å². The van der Waals surface area contributed by atoms with Gasteiger partial charge in [-0.05, 0) is 0 Å². The molecule has 0 fully saturated rings. The average Bonchev–Trinajstić information content (AvgIpc) is 2.69. The molecule has 0 radical (unpaired) electrons. The molecule has 34 heavy (non-hydrogen) atoms. The summed E-state index contributed by atoms with van der Waals surface area (Å²) in [5.74, 6) is -3.72. The Morgan fingerprint density at radius 1 is 0.824 bits per heavy atom. The number of amides is 2. The SMILES string of the molecule is CS(=O)(=O)Oc1cnc(C(=O)CCC(N)=O)c(O)c1.NC(=O)CCC(=O)c1ncc(O)cc1O. The van der Waals surface area contributed by atoms with Crippen LogP contribution in [0.3, 0.4) is 0 Å². The number of pyridine rings is 2. The Bertz CT molecular complexity index is 1200. The number of carbonyl (C=O) groups is 4. The Morgan fingerprint density at radius 3 is 1.65 bits per heavy atom. The van der Waals surface area contributed by atoms with Gasteiger partial charge in [-0.3, -0.25) is 19.2 Å². The molecule has 0 aromatic carbocycles. The van der Waals surface area contributed by atoms with Crippen molar-refractivity contribution in [2.45, 2.75) is 25.7 Å². The monoisotopic (exact) mass is 498 g/mol. The van der Waals surface area contributed by atoms with Crippen molar-refractivity contribution in [3.63, 3.8) is 0 Å². The fraction of sp³-hybridized carbons (Fsp3) is 0.263. The van der Waals surface area contributed by atoms with Gasteiger partial charge in [-0.25, -0.2) is 9.97 Å². The largest absolute Gasteiger partial charge is 0.506 e. The maximum absolute atomic E-state index is 11.6. The lowest BCUT2D eigenvalue weighted by Crippen LogP contribution is -2.13. The number of Topliss-reactive ketones (excluding diaryl/α,β-unsaturated/α-hetero) is 2. The standard InChI is InChI=1S/C10H12N2O6S.C9H10N2O4/c1-19(16,17)18-6-4-8(14)10(12-5-6)7(13)2-3-9(11)15;10-8(15)2-1-6(13)9-7(14)3-5(12)4-11-9/h4-5,14H,2-3H2,1H3,(H2,11,15);3-4,12,14H,1-2H2,(H2,10,15). The average molecular weight is 498 g/mol.